The fourth-order valence-electron chi connectivity index (χ4n) is 0.440. The van der Waals surface area contributed by atoms with E-state index in [-0.39, 0.29) is 12.0 Å². The third-order valence-electron chi connectivity index (χ3n) is 1.09. The second kappa shape index (κ2) is 3.72. The second-order valence-electron chi connectivity index (χ2n) is 2.06. The van der Waals surface area contributed by atoms with E-state index in [1.165, 1.54) is 0 Å². The lowest BCUT2D eigenvalue weighted by atomic mass is 10.1. The highest BCUT2D eigenvalue weighted by Crippen LogP contribution is 2.00. The number of aliphatic carboxylic acids is 2. The van der Waals surface area contributed by atoms with Gasteiger partial charge in [0.2, 0.25) is 0 Å². The van der Waals surface area contributed by atoms with Gasteiger partial charge in [-0.15, -0.1) is 0 Å². The SMILES string of the molecule is C=C(C[C@@H](N)C(=O)O)C(=O)O. The fraction of sp³-hybridized carbons (Fsp3) is 0.333. The molecule has 11 heavy (non-hydrogen) atoms. The van der Waals surface area contributed by atoms with Crippen LogP contribution in [0.3, 0.4) is 0 Å². The average molecular weight is 159 g/mol. The van der Waals surface area contributed by atoms with E-state index in [1.807, 2.05) is 0 Å². The molecule has 0 rings (SSSR count). The summed E-state index contributed by atoms with van der Waals surface area (Å²) in [6.07, 6.45) is -0.231. The largest absolute Gasteiger partial charge is 0.480 e. The van der Waals surface area contributed by atoms with Gasteiger partial charge < -0.3 is 15.9 Å². The first-order valence-electron chi connectivity index (χ1n) is 2.84. The average Bonchev–Trinajstić information content (AvgIpc) is 1.87. The van der Waals surface area contributed by atoms with Crippen LogP contribution in [0.4, 0.5) is 0 Å². The Morgan fingerprint density at radius 2 is 1.91 bits per heavy atom. The van der Waals surface area contributed by atoms with Crippen molar-refractivity contribution in [3.63, 3.8) is 0 Å². The molecule has 0 aliphatic rings. The molecule has 0 fully saturated rings. The van der Waals surface area contributed by atoms with Crippen LogP contribution in [0, 0.1) is 0 Å². The number of rotatable bonds is 4. The van der Waals surface area contributed by atoms with E-state index in [0.717, 1.165) is 0 Å². The maximum absolute atomic E-state index is 10.1. The highest BCUT2D eigenvalue weighted by molar-refractivity contribution is 5.87. The van der Waals surface area contributed by atoms with Crippen molar-refractivity contribution < 1.29 is 19.8 Å². The van der Waals surface area contributed by atoms with Gasteiger partial charge in [-0.25, -0.2) is 4.79 Å². The predicted molar refractivity (Wildman–Crippen MR) is 37.0 cm³/mol. The first kappa shape index (κ1) is 9.64. The Hall–Kier alpha value is -1.36. The first-order chi connectivity index (χ1) is 4.95. The van der Waals surface area contributed by atoms with Gasteiger partial charge >= 0.3 is 11.9 Å². The van der Waals surface area contributed by atoms with Crippen molar-refractivity contribution in [1.82, 2.24) is 0 Å². The zero-order valence-electron chi connectivity index (χ0n) is 5.78. The molecule has 1 atom stereocenters. The van der Waals surface area contributed by atoms with Crippen LogP contribution in [-0.4, -0.2) is 28.2 Å². The molecule has 0 spiro atoms. The first-order valence-corrected chi connectivity index (χ1v) is 2.84. The zero-order valence-corrected chi connectivity index (χ0v) is 5.78. The Kier molecular flexibility index (Phi) is 3.26. The van der Waals surface area contributed by atoms with Gasteiger partial charge in [0.1, 0.15) is 6.04 Å². The molecule has 0 saturated carbocycles. The number of hydrogen-bond donors (Lipinski definition) is 3. The number of carboxylic acids is 2. The van der Waals surface area contributed by atoms with Crippen LogP contribution >= 0.6 is 0 Å². The third-order valence-corrected chi connectivity index (χ3v) is 1.09. The lowest BCUT2D eigenvalue weighted by Crippen LogP contribution is -2.31. The van der Waals surface area contributed by atoms with Crippen molar-refractivity contribution in [2.45, 2.75) is 12.5 Å². The molecule has 0 aromatic carbocycles. The van der Waals surface area contributed by atoms with Gasteiger partial charge in [0, 0.05) is 12.0 Å². The van der Waals surface area contributed by atoms with E-state index < -0.39 is 18.0 Å². The van der Waals surface area contributed by atoms with Crippen LogP contribution in [0.25, 0.3) is 0 Å². The highest BCUT2D eigenvalue weighted by Gasteiger charge is 2.15. The minimum atomic E-state index is -1.23. The maximum Gasteiger partial charge on any atom is 0.331 e. The molecule has 5 heteroatoms. The van der Waals surface area contributed by atoms with E-state index in [4.69, 9.17) is 15.9 Å². The van der Waals surface area contributed by atoms with Crippen LogP contribution in [0.5, 0.6) is 0 Å². The summed E-state index contributed by atoms with van der Waals surface area (Å²) in [5.41, 5.74) is 4.84. The summed E-state index contributed by atoms with van der Waals surface area (Å²) >= 11 is 0. The minimum Gasteiger partial charge on any atom is -0.480 e. The molecule has 5 nitrogen and oxygen atoms in total. The second-order valence-corrected chi connectivity index (χ2v) is 2.06. The molecule has 0 amide bonds. The summed E-state index contributed by atoms with van der Waals surface area (Å²) < 4.78 is 0. The Balaban J connectivity index is 3.95. The summed E-state index contributed by atoms with van der Waals surface area (Å²) in [4.78, 5) is 20.2. The number of carboxylic acid groups (broad SMARTS) is 2. The third kappa shape index (κ3) is 3.36. The molecule has 0 saturated heterocycles. The molecule has 0 aliphatic heterocycles. The Morgan fingerprint density at radius 1 is 1.45 bits per heavy atom. The smallest absolute Gasteiger partial charge is 0.331 e. The molecule has 0 aromatic heterocycles. The lowest BCUT2D eigenvalue weighted by molar-refractivity contribution is -0.138. The number of nitrogens with two attached hydrogens (primary N) is 1. The van der Waals surface area contributed by atoms with Gasteiger partial charge in [-0.2, -0.15) is 0 Å². The van der Waals surface area contributed by atoms with Crippen LogP contribution in [0.15, 0.2) is 12.2 Å². The minimum absolute atomic E-state index is 0.195. The van der Waals surface area contributed by atoms with Crippen LogP contribution in [0.2, 0.25) is 0 Å². The molecule has 0 bridgehead atoms. The van der Waals surface area contributed by atoms with E-state index >= 15 is 0 Å². The van der Waals surface area contributed by atoms with E-state index in [9.17, 15) is 9.59 Å². The van der Waals surface area contributed by atoms with Gasteiger partial charge in [0.25, 0.3) is 0 Å². The van der Waals surface area contributed by atoms with E-state index in [1.54, 1.807) is 0 Å². The van der Waals surface area contributed by atoms with Gasteiger partial charge in [0.15, 0.2) is 0 Å². The van der Waals surface area contributed by atoms with Crippen molar-refractivity contribution in [2.75, 3.05) is 0 Å². The summed E-state index contributed by atoms with van der Waals surface area (Å²) in [6, 6.07) is -1.18. The Morgan fingerprint density at radius 3 is 2.18 bits per heavy atom. The van der Waals surface area contributed by atoms with Crippen molar-refractivity contribution in [3.8, 4) is 0 Å². The molecular weight excluding hydrogens is 150 g/mol. The quantitative estimate of drug-likeness (QED) is 0.477. The molecule has 62 valence electrons. The molecular formula is C6H9NO4. The highest BCUT2D eigenvalue weighted by atomic mass is 16.4. The summed E-state index contributed by atoms with van der Waals surface area (Å²) in [7, 11) is 0. The van der Waals surface area contributed by atoms with Gasteiger partial charge in [0.05, 0.1) is 0 Å². The van der Waals surface area contributed by atoms with Crippen LogP contribution in [-0.2, 0) is 9.59 Å². The van der Waals surface area contributed by atoms with E-state index in [0.29, 0.717) is 0 Å². The van der Waals surface area contributed by atoms with Crippen LogP contribution in [0.1, 0.15) is 6.42 Å². The number of hydrogen-bond acceptors (Lipinski definition) is 3. The maximum atomic E-state index is 10.1. The Bertz CT molecular complexity index is 199. The van der Waals surface area contributed by atoms with Gasteiger partial charge in [-0.05, 0) is 0 Å². The summed E-state index contributed by atoms with van der Waals surface area (Å²) in [6.45, 7) is 3.13. The monoisotopic (exact) mass is 159 g/mol. The summed E-state index contributed by atoms with van der Waals surface area (Å²) in [5.74, 6) is -2.45. The molecule has 0 unspecified atom stereocenters. The lowest BCUT2D eigenvalue weighted by Gasteiger charge is -2.04. The molecule has 4 N–H and O–H groups in total. The van der Waals surface area contributed by atoms with Gasteiger partial charge in [-0.1, -0.05) is 6.58 Å². The van der Waals surface area contributed by atoms with Crippen molar-refractivity contribution in [2.24, 2.45) is 5.73 Å². The molecule has 0 aliphatic carbocycles. The fourth-order valence-corrected chi connectivity index (χ4v) is 0.440. The normalized spacial score (nSPS) is 12.1. The predicted octanol–water partition coefficient (Wildman–Crippen LogP) is -0.571. The molecule has 0 heterocycles. The van der Waals surface area contributed by atoms with Crippen molar-refractivity contribution in [3.05, 3.63) is 12.2 Å². The van der Waals surface area contributed by atoms with E-state index in [2.05, 4.69) is 6.58 Å². The standard InChI is InChI=1S/C6H9NO4/c1-3(5(8)9)2-4(7)6(10)11/h4H,1-2,7H2,(H,8,9)(H,10,11)/t4-/m1/s1. The molecule has 0 aromatic rings. The molecule has 0 radical (unpaired) electrons. The van der Waals surface area contributed by atoms with Crippen molar-refractivity contribution >= 4 is 11.9 Å². The van der Waals surface area contributed by atoms with Crippen LogP contribution < -0.4 is 5.73 Å². The number of carbonyl (C=O) groups is 2. The topological polar surface area (TPSA) is 101 Å². The Labute approximate surface area is 63.1 Å². The zero-order chi connectivity index (χ0) is 9.02. The van der Waals surface area contributed by atoms with Crippen molar-refractivity contribution in [1.29, 1.82) is 0 Å². The van der Waals surface area contributed by atoms with Gasteiger partial charge in [-0.3, -0.25) is 4.79 Å². The summed E-state index contributed by atoms with van der Waals surface area (Å²) in [5, 5.41) is 16.5.